The molecule has 1 aromatic carbocycles. The van der Waals surface area contributed by atoms with Gasteiger partial charge in [0, 0.05) is 19.7 Å². The molecule has 2 heterocycles. The zero-order chi connectivity index (χ0) is 16.2. The molecule has 2 aromatic heterocycles. The van der Waals surface area contributed by atoms with Gasteiger partial charge < -0.3 is 14.4 Å². The van der Waals surface area contributed by atoms with E-state index in [2.05, 4.69) is 15.5 Å². The van der Waals surface area contributed by atoms with Crippen molar-refractivity contribution >= 4 is 5.91 Å². The minimum atomic E-state index is -0.129. The smallest absolute Gasteiger partial charge is 0.268 e. The molecule has 0 aliphatic carbocycles. The molecule has 0 atom stereocenters. The molecule has 118 valence electrons. The second-order valence-electron chi connectivity index (χ2n) is 5.42. The lowest BCUT2D eigenvalue weighted by atomic mass is 10.1. The fourth-order valence-corrected chi connectivity index (χ4v) is 2.29. The van der Waals surface area contributed by atoms with Crippen LogP contribution in [0.2, 0.25) is 0 Å². The van der Waals surface area contributed by atoms with Crippen molar-refractivity contribution < 1.29 is 9.32 Å². The minimum absolute atomic E-state index is 0.129. The van der Waals surface area contributed by atoms with Crippen molar-refractivity contribution in [1.82, 2.24) is 20.0 Å². The fraction of sp³-hybridized carbons (Fsp3) is 0.235. The van der Waals surface area contributed by atoms with Crippen LogP contribution in [-0.4, -0.2) is 20.6 Å². The second-order valence-corrected chi connectivity index (χ2v) is 5.42. The van der Waals surface area contributed by atoms with Gasteiger partial charge in [-0.3, -0.25) is 4.79 Å². The summed E-state index contributed by atoms with van der Waals surface area (Å²) in [6, 6.07) is 11.7. The van der Waals surface area contributed by atoms with Gasteiger partial charge in [-0.25, -0.2) is 0 Å². The quantitative estimate of drug-likeness (QED) is 0.785. The van der Waals surface area contributed by atoms with E-state index in [4.69, 9.17) is 4.52 Å². The predicted octanol–water partition coefficient (Wildman–Crippen LogP) is 2.47. The summed E-state index contributed by atoms with van der Waals surface area (Å²) in [5, 5.41) is 6.78. The molecule has 0 aliphatic rings. The largest absolute Gasteiger partial charge is 0.347 e. The van der Waals surface area contributed by atoms with Crippen LogP contribution in [-0.2, 0) is 13.1 Å². The van der Waals surface area contributed by atoms with Crippen LogP contribution in [0.1, 0.15) is 33.3 Å². The maximum Gasteiger partial charge on any atom is 0.268 e. The first-order valence-electron chi connectivity index (χ1n) is 7.40. The summed E-state index contributed by atoms with van der Waals surface area (Å²) in [7, 11) is 0. The van der Waals surface area contributed by atoms with Crippen LogP contribution in [0.3, 0.4) is 0 Å². The molecule has 0 spiro atoms. The van der Waals surface area contributed by atoms with E-state index < -0.39 is 0 Å². The third-order valence-corrected chi connectivity index (χ3v) is 3.52. The maximum atomic E-state index is 12.4. The first kappa shape index (κ1) is 15.0. The number of aromatic nitrogens is 3. The van der Waals surface area contributed by atoms with Crippen molar-refractivity contribution in [1.29, 1.82) is 0 Å². The molecular weight excluding hydrogens is 292 g/mol. The van der Waals surface area contributed by atoms with E-state index in [9.17, 15) is 4.79 Å². The Labute approximate surface area is 134 Å². The first-order valence-corrected chi connectivity index (χ1v) is 7.40. The lowest BCUT2D eigenvalue weighted by molar-refractivity contribution is 0.0942. The molecule has 6 heteroatoms. The Morgan fingerprint density at radius 3 is 2.70 bits per heavy atom. The van der Waals surface area contributed by atoms with E-state index in [-0.39, 0.29) is 5.91 Å². The van der Waals surface area contributed by atoms with Crippen LogP contribution < -0.4 is 5.32 Å². The number of benzene rings is 1. The number of carbonyl (C=O) groups is 1. The number of aryl methyl sites for hydroxylation is 2. The minimum Gasteiger partial charge on any atom is -0.347 e. The first-order chi connectivity index (χ1) is 11.1. The van der Waals surface area contributed by atoms with Gasteiger partial charge in [-0.05, 0) is 24.6 Å². The monoisotopic (exact) mass is 310 g/mol. The molecule has 0 saturated heterocycles. The highest BCUT2D eigenvalue weighted by Gasteiger charge is 2.12. The van der Waals surface area contributed by atoms with Gasteiger partial charge >= 0.3 is 0 Å². The molecule has 1 N–H and O–H groups in total. The lowest BCUT2D eigenvalue weighted by Crippen LogP contribution is -2.25. The van der Waals surface area contributed by atoms with Crippen molar-refractivity contribution in [2.45, 2.75) is 26.9 Å². The van der Waals surface area contributed by atoms with Gasteiger partial charge in [0.2, 0.25) is 5.89 Å². The Morgan fingerprint density at radius 2 is 2.00 bits per heavy atom. The number of nitrogens with zero attached hydrogens (tertiary/aromatic N) is 3. The lowest BCUT2D eigenvalue weighted by Gasteiger charge is -2.08. The number of rotatable bonds is 5. The van der Waals surface area contributed by atoms with Crippen molar-refractivity contribution in [3.63, 3.8) is 0 Å². The summed E-state index contributed by atoms with van der Waals surface area (Å²) < 4.78 is 6.75. The van der Waals surface area contributed by atoms with Gasteiger partial charge in [-0.15, -0.1) is 0 Å². The summed E-state index contributed by atoms with van der Waals surface area (Å²) in [4.78, 5) is 16.5. The number of hydrogen-bond donors (Lipinski definition) is 1. The van der Waals surface area contributed by atoms with Crippen LogP contribution in [0.5, 0.6) is 0 Å². The highest BCUT2D eigenvalue weighted by molar-refractivity contribution is 5.92. The van der Waals surface area contributed by atoms with Gasteiger partial charge in [0.25, 0.3) is 5.91 Å². The Hall–Kier alpha value is -2.89. The normalized spacial score (nSPS) is 10.7. The molecule has 0 fully saturated rings. The van der Waals surface area contributed by atoms with E-state index in [0.29, 0.717) is 30.5 Å². The number of amides is 1. The van der Waals surface area contributed by atoms with E-state index in [0.717, 1.165) is 5.56 Å². The van der Waals surface area contributed by atoms with Crippen molar-refractivity contribution in [3.8, 4) is 0 Å². The topological polar surface area (TPSA) is 73.0 Å². The molecule has 3 rings (SSSR count). The van der Waals surface area contributed by atoms with Crippen LogP contribution in [0.4, 0.5) is 0 Å². The summed E-state index contributed by atoms with van der Waals surface area (Å²) in [5.41, 5.74) is 2.83. The Balaban J connectivity index is 1.65. The SMILES string of the molecule is Cc1ccc(CNC(=O)c2cccn2Cc2noc(C)n2)cc1. The van der Waals surface area contributed by atoms with Gasteiger partial charge in [-0.1, -0.05) is 35.0 Å². The van der Waals surface area contributed by atoms with Crippen molar-refractivity contribution in [2.24, 2.45) is 0 Å². The van der Waals surface area contributed by atoms with E-state index in [1.54, 1.807) is 17.6 Å². The van der Waals surface area contributed by atoms with Crippen molar-refractivity contribution in [3.05, 3.63) is 71.1 Å². The number of nitrogens with one attached hydrogen (secondary N) is 1. The van der Waals surface area contributed by atoms with Gasteiger partial charge in [-0.2, -0.15) is 4.98 Å². The molecule has 6 nitrogen and oxygen atoms in total. The van der Waals surface area contributed by atoms with Gasteiger partial charge in [0.05, 0.1) is 6.54 Å². The van der Waals surface area contributed by atoms with Crippen molar-refractivity contribution in [2.75, 3.05) is 0 Å². The summed E-state index contributed by atoms with van der Waals surface area (Å²) in [6.07, 6.45) is 1.83. The summed E-state index contributed by atoms with van der Waals surface area (Å²) in [6.45, 7) is 4.67. The zero-order valence-corrected chi connectivity index (χ0v) is 13.1. The number of hydrogen-bond acceptors (Lipinski definition) is 4. The number of carbonyl (C=O) groups excluding carboxylic acids is 1. The van der Waals surface area contributed by atoms with E-state index in [1.165, 1.54) is 5.56 Å². The van der Waals surface area contributed by atoms with E-state index >= 15 is 0 Å². The van der Waals surface area contributed by atoms with Crippen LogP contribution in [0, 0.1) is 13.8 Å². The molecular formula is C17H18N4O2. The summed E-state index contributed by atoms with van der Waals surface area (Å²) >= 11 is 0. The van der Waals surface area contributed by atoms with Gasteiger partial charge in [0.1, 0.15) is 5.69 Å². The second kappa shape index (κ2) is 6.48. The molecule has 23 heavy (non-hydrogen) atoms. The highest BCUT2D eigenvalue weighted by Crippen LogP contribution is 2.07. The molecule has 0 radical (unpaired) electrons. The van der Waals surface area contributed by atoms with Crippen LogP contribution in [0.15, 0.2) is 47.1 Å². The zero-order valence-electron chi connectivity index (χ0n) is 13.1. The highest BCUT2D eigenvalue weighted by atomic mass is 16.5. The van der Waals surface area contributed by atoms with Gasteiger partial charge in [0.15, 0.2) is 5.82 Å². The third-order valence-electron chi connectivity index (χ3n) is 3.52. The molecule has 3 aromatic rings. The molecule has 0 saturated carbocycles. The van der Waals surface area contributed by atoms with E-state index in [1.807, 2.05) is 43.5 Å². The molecule has 0 aliphatic heterocycles. The predicted molar refractivity (Wildman–Crippen MR) is 84.9 cm³/mol. The standard InChI is InChI=1S/C17H18N4O2/c1-12-5-7-14(8-6-12)10-18-17(22)15-4-3-9-21(15)11-16-19-13(2)23-20-16/h3-9H,10-11H2,1-2H3,(H,18,22). The average molecular weight is 310 g/mol. The molecule has 0 unspecified atom stereocenters. The molecule has 1 amide bonds. The summed E-state index contributed by atoms with van der Waals surface area (Å²) in [5.74, 6) is 0.930. The molecule has 0 bridgehead atoms. The van der Waals surface area contributed by atoms with Crippen LogP contribution in [0.25, 0.3) is 0 Å². The maximum absolute atomic E-state index is 12.4. The van der Waals surface area contributed by atoms with Crippen LogP contribution >= 0.6 is 0 Å². The Kier molecular flexibility index (Phi) is 4.23. The fourth-order valence-electron chi connectivity index (χ4n) is 2.29. The Bertz CT molecular complexity index is 802. The third kappa shape index (κ3) is 3.66. The average Bonchev–Trinajstić information content (AvgIpc) is 3.16. The Morgan fingerprint density at radius 1 is 1.22 bits per heavy atom.